The topological polar surface area (TPSA) is 64.7 Å². The van der Waals surface area contributed by atoms with Gasteiger partial charge in [0.05, 0.1) is 19.8 Å². The molecule has 0 radical (unpaired) electrons. The van der Waals surface area contributed by atoms with Gasteiger partial charge in [0.1, 0.15) is 12.4 Å². The van der Waals surface area contributed by atoms with Gasteiger partial charge in [0.15, 0.2) is 11.5 Å². The molecule has 0 unspecified atom stereocenters. The molecule has 0 aliphatic rings. The number of aliphatic hydroxyl groups excluding tert-OH is 1. The number of hydrogen-bond acceptors (Lipinski definition) is 4. The van der Waals surface area contributed by atoms with Crippen molar-refractivity contribution in [3.63, 3.8) is 0 Å². The first kappa shape index (κ1) is 15.3. The highest BCUT2D eigenvalue weighted by Gasteiger charge is 2.10. The van der Waals surface area contributed by atoms with Crippen LogP contribution in [0.3, 0.4) is 0 Å². The van der Waals surface area contributed by atoms with E-state index in [9.17, 15) is 4.39 Å². The van der Waals surface area contributed by atoms with Crippen LogP contribution in [0.5, 0.6) is 11.5 Å². The molecule has 0 aliphatic carbocycles. The van der Waals surface area contributed by atoms with Crippen molar-refractivity contribution in [3.05, 3.63) is 59.4 Å². The molecule has 3 N–H and O–H groups in total. The second-order valence-corrected chi connectivity index (χ2v) is 4.61. The lowest BCUT2D eigenvalue weighted by Gasteiger charge is -2.14. The first-order valence-electron chi connectivity index (χ1n) is 6.55. The van der Waals surface area contributed by atoms with Crippen LogP contribution in [0.2, 0.25) is 0 Å². The van der Waals surface area contributed by atoms with E-state index in [4.69, 9.17) is 20.3 Å². The molecule has 5 heteroatoms. The van der Waals surface area contributed by atoms with E-state index in [0.29, 0.717) is 18.1 Å². The fraction of sp³-hybridized carbons (Fsp3) is 0.250. The highest BCUT2D eigenvalue weighted by atomic mass is 19.1. The summed E-state index contributed by atoms with van der Waals surface area (Å²) in [6, 6.07) is 10.9. The number of benzene rings is 2. The molecule has 2 aromatic rings. The summed E-state index contributed by atoms with van der Waals surface area (Å²) < 4.78 is 23.8. The number of aliphatic hydroxyl groups is 1. The zero-order chi connectivity index (χ0) is 15.2. The Morgan fingerprint density at radius 1 is 1.14 bits per heavy atom. The Bertz CT molecular complexity index is 587. The van der Waals surface area contributed by atoms with Crippen LogP contribution >= 0.6 is 0 Å². The Morgan fingerprint density at radius 3 is 2.48 bits per heavy atom. The number of hydrogen-bond donors (Lipinski definition) is 2. The summed E-state index contributed by atoms with van der Waals surface area (Å²) in [5.74, 6) is 0.827. The fourth-order valence-corrected chi connectivity index (χ4v) is 1.88. The molecular formula is C16H18FNO3. The zero-order valence-electron chi connectivity index (χ0n) is 11.8. The Morgan fingerprint density at radius 2 is 1.86 bits per heavy atom. The molecule has 0 aromatic heterocycles. The van der Waals surface area contributed by atoms with Gasteiger partial charge in [-0.1, -0.05) is 18.2 Å². The third-order valence-electron chi connectivity index (χ3n) is 3.12. The molecule has 0 bridgehead atoms. The van der Waals surface area contributed by atoms with Crippen molar-refractivity contribution in [1.29, 1.82) is 0 Å². The first-order valence-corrected chi connectivity index (χ1v) is 6.55. The molecule has 0 saturated carbocycles. The lowest BCUT2D eigenvalue weighted by molar-refractivity contribution is 0.266. The van der Waals surface area contributed by atoms with Gasteiger partial charge in [0.25, 0.3) is 0 Å². The molecule has 1 atom stereocenters. The van der Waals surface area contributed by atoms with Crippen LogP contribution in [0, 0.1) is 5.82 Å². The molecule has 2 aromatic carbocycles. The lowest BCUT2D eigenvalue weighted by Crippen LogP contribution is -2.14. The summed E-state index contributed by atoms with van der Waals surface area (Å²) in [5.41, 5.74) is 7.39. The third kappa shape index (κ3) is 3.93. The molecule has 0 heterocycles. The fourth-order valence-electron chi connectivity index (χ4n) is 1.88. The van der Waals surface area contributed by atoms with E-state index < -0.39 is 6.04 Å². The van der Waals surface area contributed by atoms with Crippen molar-refractivity contribution >= 4 is 0 Å². The van der Waals surface area contributed by atoms with Crippen LogP contribution in [0.25, 0.3) is 0 Å². The standard InChI is InChI=1S/C16H18FNO3/c1-20-16-8-12(14(18)9-19)4-7-15(16)21-10-11-2-5-13(17)6-3-11/h2-8,14,19H,9-10,18H2,1H3/t14-/m0/s1. The highest BCUT2D eigenvalue weighted by Crippen LogP contribution is 2.30. The minimum Gasteiger partial charge on any atom is -0.493 e. The van der Waals surface area contributed by atoms with Crippen molar-refractivity contribution < 1.29 is 19.0 Å². The van der Waals surface area contributed by atoms with Gasteiger partial charge in [-0.05, 0) is 35.4 Å². The maximum Gasteiger partial charge on any atom is 0.161 e. The Kier molecular flexibility index (Phi) is 5.14. The number of halogens is 1. The number of ether oxygens (including phenoxy) is 2. The molecule has 112 valence electrons. The largest absolute Gasteiger partial charge is 0.493 e. The van der Waals surface area contributed by atoms with Crippen LogP contribution in [0.4, 0.5) is 4.39 Å². The maximum absolute atomic E-state index is 12.8. The quantitative estimate of drug-likeness (QED) is 0.858. The smallest absolute Gasteiger partial charge is 0.161 e. The Labute approximate surface area is 122 Å². The van der Waals surface area contributed by atoms with E-state index in [-0.39, 0.29) is 12.4 Å². The van der Waals surface area contributed by atoms with Gasteiger partial charge < -0.3 is 20.3 Å². The summed E-state index contributed by atoms with van der Waals surface area (Å²) in [6.07, 6.45) is 0. The SMILES string of the molecule is COc1cc([C@@H](N)CO)ccc1OCc1ccc(F)cc1. The number of methoxy groups -OCH3 is 1. The minimum atomic E-state index is -0.454. The summed E-state index contributed by atoms with van der Waals surface area (Å²) >= 11 is 0. The molecule has 4 nitrogen and oxygen atoms in total. The lowest BCUT2D eigenvalue weighted by atomic mass is 10.1. The summed E-state index contributed by atoms with van der Waals surface area (Å²) in [4.78, 5) is 0. The normalized spacial score (nSPS) is 12.0. The first-order chi connectivity index (χ1) is 10.1. The monoisotopic (exact) mass is 291 g/mol. The molecule has 0 spiro atoms. The van der Waals surface area contributed by atoms with Gasteiger partial charge in [-0.3, -0.25) is 0 Å². The molecular weight excluding hydrogens is 273 g/mol. The van der Waals surface area contributed by atoms with E-state index in [1.807, 2.05) is 0 Å². The maximum atomic E-state index is 12.8. The molecule has 0 saturated heterocycles. The van der Waals surface area contributed by atoms with Gasteiger partial charge in [-0.2, -0.15) is 0 Å². The van der Waals surface area contributed by atoms with Gasteiger partial charge in [0.2, 0.25) is 0 Å². The zero-order valence-corrected chi connectivity index (χ0v) is 11.8. The van der Waals surface area contributed by atoms with Crippen LogP contribution in [0.15, 0.2) is 42.5 Å². The van der Waals surface area contributed by atoms with Gasteiger partial charge >= 0.3 is 0 Å². The van der Waals surface area contributed by atoms with Crippen molar-refractivity contribution in [1.82, 2.24) is 0 Å². The predicted octanol–water partition coefficient (Wildman–Crippen LogP) is 2.41. The van der Waals surface area contributed by atoms with Crippen molar-refractivity contribution in [2.75, 3.05) is 13.7 Å². The minimum absolute atomic E-state index is 0.140. The second-order valence-electron chi connectivity index (χ2n) is 4.61. The molecule has 0 amide bonds. The summed E-state index contributed by atoms with van der Waals surface area (Å²) in [5, 5.41) is 9.07. The molecule has 2 rings (SSSR count). The van der Waals surface area contributed by atoms with E-state index in [0.717, 1.165) is 11.1 Å². The van der Waals surface area contributed by atoms with Gasteiger partial charge in [-0.15, -0.1) is 0 Å². The van der Waals surface area contributed by atoms with Gasteiger partial charge in [-0.25, -0.2) is 4.39 Å². The third-order valence-corrected chi connectivity index (χ3v) is 3.12. The van der Waals surface area contributed by atoms with Crippen LogP contribution < -0.4 is 15.2 Å². The van der Waals surface area contributed by atoms with E-state index in [2.05, 4.69) is 0 Å². The van der Waals surface area contributed by atoms with E-state index in [1.54, 1.807) is 30.3 Å². The van der Waals surface area contributed by atoms with Crippen molar-refractivity contribution in [2.45, 2.75) is 12.6 Å². The number of rotatable bonds is 6. The highest BCUT2D eigenvalue weighted by molar-refractivity contribution is 5.44. The van der Waals surface area contributed by atoms with E-state index in [1.165, 1.54) is 19.2 Å². The molecule has 0 aliphatic heterocycles. The number of nitrogens with two attached hydrogens (primary N) is 1. The van der Waals surface area contributed by atoms with Gasteiger partial charge in [0, 0.05) is 0 Å². The molecule has 0 fully saturated rings. The summed E-state index contributed by atoms with van der Waals surface area (Å²) in [6.45, 7) is 0.168. The van der Waals surface area contributed by atoms with Crippen molar-refractivity contribution in [3.8, 4) is 11.5 Å². The second kappa shape index (κ2) is 7.06. The van der Waals surface area contributed by atoms with Crippen LogP contribution in [-0.2, 0) is 6.61 Å². The Hall–Kier alpha value is -2.11. The average molecular weight is 291 g/mol. The van der Waals surface area contributed by atoms with Crippen LogP contribution in [-0.4, -0.2) is 18.8 Å². The Balaban J connectivity index is 2.10. The van der Waals surface area contributed by atoms with Crippen molar-refractivity contribution in [2.24, 2.45) is 5.73 Å². The summed E-state index contributed by atoms with van der Waals surface area (Å²) in [7, 11) is 1.54. The van der Waals surface area contributed by atoms with E-state index >= 15 is 0 Å². The predicted molar refractivity (Wildman–Crippen MR) is 77.7 cm³/mol. The molecule has 21 heavy (non-hydrogen) atoms. The average Bonchev–Trinajstić information content (AvgIpc) is 2.53. The van der Waals surface area contributed by atoms with Crippen LogP contribution in [0.1, 0.15) is 17.2 Å².